The lowest BCUT2D eigenvalue weighted by Gasteiger charge is -2.11. The molecule has 44 valence electrons. The minimum Gasteiger partial charge on any atom is -0.127 e. The fraction of sp³-hybridized carbons (Fsp3) is 1.00. The summed E-state index contributed by atoms with van der Waals surface area (Å²) in [5.41, 5.74) is 0. The van der Waals surface area contributed by atoms with Gasteiger partial charge in [-0.2, -0.15) is 0 Å². The standard InChI is InChI=1S/C5H10BrCl/c1-5(2,6)3-4-7/h3-4H2,1-2H3. The smallest absolute Gasteiger partial charge is 0.0236 e. The molecule has 0 aliphatic rings. The molecule has 0 aromatic heterocycles. The summed E-state index contributed by atoms with van der Waals surface area (Å²) in [6, 6.07) is 0. The molecule has 0 saturated carbocycles. The first-order valence-electron chi connectivity index (χ1n) is 2.31. The lowest BCUT2D eigenvalue weighted by Crippen LogP contribution is -2.08. The molecule has 0 aliphatic carbocycles. The minimum absolute atomic E-state index is 0.231. The van der Waals surface area contributed by atoms with Gasteiger partial charge in [0, 0.05) is 10.2 Å². The summed E-state index contributed by atoms with van der Waals surface area (Å²) >= 11 is 8.91. The van der Waals surface area contributed by atoms with Crippen LogP contribution in [0.4, 0.5) is 0 Å². The average Bonchev–Trinajstić information content (AvgIpc) is 1.30. The number of hydrogen-bond donors (Lipinski definition) is 0. The van der Waals surface area contributed by atoms with E-state index in [0.29, 0.717) is 0 Å². The van der Waals surface area contributed by atoms with Crippen LogP contribution in [-0.4, -0.2) is 10.2 Å². The van der Waals surface area contributed by atoms with Crippen LogP contribution in [0.3, 0.4) is 0 Å². The molecule has 0 unspecified atom stereocenters. The largest absolute Gasteiger partial charge is 0.127 e. The van der Waals surface area contributed by atoms with Crippen molar-refractivity contribution in [1.82, 2.24) is 0 Å². The van der Waals surface area contributed by atoms with Gasteiger partial charge in [-0.1, -0.05) is 29.8 Å². The highest BCUT2D eigenvalue weighted by molar-refractivity contribution is 9.10. The monoisotopic (exact) mass is 184 g/mol. The van der Waals surface area contributed by atoms with Crippen LogP contribution in [0.2, 0.25) is 0 Å². The van der Waals surface area contributed by atoms with Crippen LogP contribution < -0.4 is 0 Å². The first kappa shape index (κ1) is 7.77. The molecule has 0 aromatic carbocycles. The lowest BCUT2D eigenvalue weighted by atomic mass is 10.2. The van der Waals surface area contributed by atoms with Crippen molar-refractivity contribution in [2.24, 2.45) is 0 Å². The Morgan fingerprint density at radius 1 is 1.57 bits per heavy atom. The van der Waals surface area contributed by atoms with Crippen molar-refractivity contribution in [3.05, 3.63) is 0 Å². The molecule has 0 aromatic rings. The quantitative estimate of drug-likeness (QED) is 0.581. The fourth-order valence-corrected chi connectivity index (χ4v) is 1.12. The Kier molecular flexibility index (Phi) is 3.25. The first-order valence-corrected chi connectivity index (χ1v) is 3.64. The summed E-state index contributed by atoms with van der Waals surface area (Å²) in [6.45, 7) is 4.21. The van der Waals surface area contributed by atoms with Crippen molar-refractivity contribution in [3.63, 3.8) is 0 Å². The summed E-state index contributed by atoms with van der Waals surface area (Å²) in [4.78, 5) is 0. The highest BCUT2D eigenvalue weighted by Gasteiger charge is 2.09. The molecule has 0 fully saturated rings. The normalized spacial score (nSPS) is 12.0. The third-order valence-electron chi connectivity index (χ3n) is 0.689. The van der Waals surface area contributed by atoms with Crippen molar-refractivity contribution in [1.29, 1.82) is 0 Å². The van der Waals surface area contributed by atoms with E-state index in [4.69, 9.17) is 11.6 Å². The Labute approximate surface area is 58.4 Å². The maximum atomic E-state index is 5.46. The van der Waals surface area contributed by atoms with Gasteiger partial charge in [0.25, 0.3) is 0 Å². The van der Waals surface area contributed by atoms with Crippen LogP contribution >= 0.6 is 27.5 Å². The molecule has 0 radical (unpaired) electrons. The molecular formula is C5H10BrCl. The van der Waals surface area contributed by atoms with Gasteiger partial charge in [-0.05, 0) is 6.42 Å². The van der Waals surface area contributed by atoms with E-state index in [9.17, 15) is 0 Å². The minimum atomic E-state index is 0.231. The third kappa shape index (κ3) is 6.77. The summed E-state index contributed by atoms with van der Waals surface area (Å²) < 4.78 is 0.231. The Balaban J connectivity index is 3.15. The van der Waals surface area contributed by atoms with Crippen LogP contribution in [0.1, 0.15) is 20.3 Å². The van der Waals surface area contributed by atoms with Gasteiger partial charge < -0.3 is 0 Å². The second-order valence-electron chi connectivity index (χ2n) is 2.16. The van der Waals surface area contributed by atoms with Crippen LogP contribution in [-0.2, 0) is 0 Å². The van der Waals surface area contributed by atoms with E-state index >= 15 is 0 Å². The summed E-state index contributed by atoms with van der Waals surface area (Å²) in [5, 5.41) is 0. The van der Waals surface area contributed by atoms with Gasteiger partial charge in [0.2, 0.25) is 0 Å². The zero-order valence-corrected chi connectivity index (χ0v) is 7.01. The van der Waals surface area contributed by atoms with E-state index in [0.717, 1.165) is 12.3 Å². The van der Waals surface area contributed by atoms with E-state index in [1.807, 2.05) is 0 Å². The average molecular weight is 185 g/mol. The highest BCUT2D eigenvalue weighted by atomic mass is 79.9. The van der Waals surface area contributed by atoms with Gasteiger partial charge in [0.1, 0.15) is 0 Å². The Morgan fingerprint density at radius 3 is 2.00 bits per heavy atom. The molecular weight excluding hydrogens is 175 g/mol. The molecule has 0 heterocycles. The predicted molar refractivity (Wildman–Crippen MR) is 38.3 cm³/mol. The van der Waals surface area contributed by atoms with E-state index in [2.05, 4.69) is 29.8 Å². The highest BCUT2D eigenvalue weighted by Crippen LogP contribution is 2.20. The molecule has 0 spiro atoms. The first-order chi connectivity index (χ1) is 3.06. The predicted octanol–water partition coefficient (Wildman–Crippen LogP) is 2.79. The van der Waals surface area contributed by atoms with Gasteiger partial charge in [0.15, 0.2) is 0 Å². The molecule has 0 bridgehead atoms. The second-order valence-corrected chi connectivity index (χ2v) is 4.68. The van der Waals surface area contributed by atoms with E-state index in [1.165, 1.54) is 0 Å². The zero-order valence-electron chi connectivity index (χ0n) is 4.67. The number of alkyl halides is 2. The third-order valence-corrected chi connectivity index (χ3v) is 1.27. The van der Waals surface area contributed by atoms with E-state index in [-0.39, 0.29) is 4.32 Å². The molecule has 0 amide bonds. The van der Waals surface area contributed by atoms with Crippen molar-refractivity contribution >= 4 is 27.5 Å². The van der Waals surface area contributed by atoms with E-state index in [1.54, 1.807) is 0 Å². The SMILES string of the molecule is CC(C)(Br)CCCl. The Bertz CT molecular complexity index is 46.5. The van der Waals surface area contributed by atoms with Crippen molar-refractivity contribution < 1.29 is 0 Å². The van der Waals surface area contributed by atoms with Gasteiger partial charge in [-0.25, -0.2) is 0 Å². The van der Waals surface area contributed by atoms with Crippen LogP contribution in [0.15, 0.2) is 0 Å². The molecule has 7 heavy (non-hydrogen) atoms. The molecule has 2 heteroatoms. The second kappa shape index (κ2) is 2.93. The number of hydrogen-bond acceptors (Lipinski definition) is 0. The maximum absolute atomic E-state index is 5.46. The van der Waals surface area contributed by atoms with Gasteiger partial charge >= 0.3 is 0 Å². The number of rotatable bonds is 2. The van der Waals surface area contributed by atoms with E-state index < -0.39 is 0 Å². The molecule has 0 nitrogen and oxygen atoms in total. The van der Waals surface area contributed by atoms with Crippen molar-refractivity contribution in [3.8, 4) is 0 Å². The zero-order chi connectivity index (χ0) is 5.91. The maximum Gasteiger partial charge on any atom is 0.0236 e. The molecule has 0 N–H and O–H groups in total. The summed E-state index contributed by atoms with van der Waals surface area (Å²) in [5.74, 6) is 0.734. The van der Waals surface area contributed by atoms with Crippen LogP contribution in [0.25, 0.3) is 0 Å². The summed E-state index contributed by atoms with van der Waals surface area (Å²) in [6.07, 6.45) is 1.02. The topological polar surface area (TPSA) is 0 Å². The summed E-state index contributed by atoms with van der Waals surface area (Å²) in [7, 11) is 0. The van der Waals surface area contributed by atoms with Gasteiger partial charge in [0.05, 0.1) is 0 Å². The van der Waals surface area contributed by atoms with Gasteiger partial charge in [-0.15, -0.1) is 11.6 Å². The molecule has 0 rings (SSSR count). The Hall–Kier alpha value is 0.770. The fourth-order valence-electron chi connectivity index (χ4n) is 0.225. The molecule has 0 atom stereocenters. The van der Waals surface area contributed by atoms with Crippen LogP contribution in [0, 0.1) is 0 Å². The van der Waals surface area contributed by atoms with Crippen LogP contribution in [0.5, 0.6) is 0 Å². The van der Waals surface area contributed by atoms with Gasteiger partial charge in [-0.3, -0.25) is 0 Å². The Morgan fingerprint density at radius 2 is 2.00 bits per heavy atom. The van der Waals surface area contributed by atoms with Crippen molar-refractivity contribution in [2.45, 2.75) is 24.6 Å². The van der Waals surface area contributed by atoms with Crippen molar-refractivity contribution in [2.75, 3.05) is 5.88 Å². The number of halogens is 2. The molecule has 0 saturated heterocycles. The lowest BCUT2D eigenvalue weighted by molar-refractivity contribution is 0.705. The molecule has 0 aliphatic heterocycles.